The van der Waals surface area contributed by atoms with E-state index in [4.69, 9.17) is 29.6 Å². The molecular formula is C14H25ClN4S. The van der Waals surface area contributed by atoms with E-state index in [1.165, 1.54) is 0 Å². The summed E-state index contributed by atoms with van der Waals surface area (Å²) >= 11 is 11.4. The first kappa shape index (κ1) is 17.4. The molecule has 0 saturated heterocycles. The van der Waals surface area contributed by atoms with Gasteiger partial charge in [0.1, 0.15) is 0 Å². The van der Waals surface area contributed by atoms with E-state index in [0.29, 0.717) is 11.0 Å². The molecule has 0 aliphatic rings. The summed E-state index contributed by atoms with van der Waals surface area (Å²) in [7, 11) is 0. The molecule has 0 amide bonds. The van der Waals surface area contributed by atoms with Crippen LogP contribution < -0.4 is 5.73 Å². The van der Waals surface area contributed by atoms with Gasteiger partial charge in [-0.15, -0.1) is 0 Å². The monoisotopic (exact) mass is 316 g/mol. The lowest BCUT2D eigenvalue weighted by atomic mass is 10.2. The van der Waals surface area contributed by atoms with Gasteiger partial charge in [0.2, 0.25) is 0 Å². The second-order valence-corrected chi connectivity index (χ2v) is 6.06. The molecule has 0 bridgehead atoms. The number of hydrogen-bond donors (Lipinski definition) is 1. The topological polar surface area (TPSA) is 47.1 Å². The van der Waals surface area contributed by atoms with E-state index in [-0.39, 0.29) is 0 Å². The van der Waals surface area contributed by atoms with Crippen LogP contribution in [0.1, 0.15) is 45.5 Å². The number of nitrogens with zero attached hydrogens (tertiary/aromatic N) is 3. The molecule has 6 heteroatoms. The molecule has 20 heavy (non-hydrogen) atoms. The largest absolute Gasteiger partial charge is 0.393 e. The van der Waals surface area contributed by atoms with Crippen LogP contribution in [0.3, 0.4) is 0 Å². The van der Waals surface area contributed by atoms with Crippen molar-refractivity contribution in [3.63, 3.8) is 0 Å². The molecule has 2 N–H and O–H groups in total. The van der Waals surface area contributed by atoms with Crippen LogP contribution in [0.2, 0.25) is 5.02 Å². The Morgan fingerprint density at radius 2 is 2.10 bits per heavy atom. The Bertz CT molecular complexity index is 456. The zero-order valence-corrected chi connectivity index (χ0v) is 14.4. The lowest BCUT2D eigenvalue weighted by molar-refractivity contribution is 0.213. The van der Waals surface area contributed by atoms with Crippen molar-refractivity contribution < 1.29 is 0 Å². The number of aryl methyl sites for hydroxylation is 2. The van der Waals surface area contributed by atoms with E-state index in [2.05, 4.69) is 37.7 Å². The average Bonchev–Trinajstić information content (AvgIpc) is 2.70. The summed E-state index contributed by atoms with van der Waals surface area (Å²) in [6, 6.07) is 0.408. The van der Waals surface area contributed by atoms with Crippen molar-refractivity contribution in [2.45, 2.75) is 59.7 Å². The Labute approximate surface area is 132 Å². The maximum absolute atomic E-state index is 6.46. The molecule has 1 rings (SSSR count). The highest BCUT2D eigenvalue weighted by Crippen LogP contribution is 2.23. The quantitative estimate of drug-likeness (QED) is 0.749. The molecule has 0 unspecified atom stereocenters. The molecule has 0 saturated carbocycles. The first-order chi connectivity index (χ1) is 9.40. The molecule has 0 aliphatic carbocycles. The first-order valence-electron chi connectivity index (χ1n) is 7.17. The van der Waals surface area contributed by atoms with Crippen LogP contribution in [0.15, 0.2) is 0 Å². The van der Waals surface area contributed by atoms with E-state index >= 15 is 0 Å². The van der Waals surface area contributed by atoms with Gasteiger partial charge in [-0.2, -0.15) is 5.10 Å². The van der Waals surface area contributed by atoms with Crippen molar-refractivity contribution in [2.24, 2.45) is 5.73 Å². The van der Waals surface area contributed by atoms with Crippen molar-refractivity contribution in [3.05, 3.63) is 16.4 Å². The Morgan fingerprint density at radius 1 is 1.45 bits per heavy atom. The van der Waals surface area contributed by atoms with Gasteiger partial charge in [0.05, 0.1) is 21.4 Å². The highest BCUT2D eigenvalue weighted by Gasteiger charge is 2.19. The van der Waals surface area contributed by atoms with Crippen molar-refractivity contribution in [2.75, 3.05) is 6.54 Å². The van der Waals surface area contributed by atoms with Gasteiger partial charge >= 0.3 is 0 Å². The van der Waals surface area contributed by atoms with Gasteiger partial charge in [-0.25, -0.2) is 0 Å². The number of aromatic nitrogens is 2. The molecule has 0 fully saturated rings. The summed E-state index contributed by atoms with van der Waals surface area (Å²) in [4.78, 5) is 2.88. The third-order valence-electron chi connectivity index (χ3n) is 3.42. The van der Waals surface area contributed by atoms with Crippen molar-refractivity contribution >= 4 is 28.8 Å². The Hall–Kier alpha value is -0.650. The molecule has 0 radical (unpaired) electrons. The summed E-state index contributed by atoms with van der Waals surface area (Å²) in [6.45, 7) is 10.9. The predicted octanol–water partition coefficient (Wildman–Crippen LogP) is 3.01. The van der Waals surface area contributed by atoms with Gasteiger partial charge in [-0.05, 0) is 27.2 Å². The summed E-state index contributed by atoms with van der Waals surface area (Å²) < 4.78 is 2.00. The number of halogens is 1. The van der Waals surface area contributed by atoms with Crippen molar-refractivity contribution in [1.29, 1.82) is 0 Å². The van der Waals surface area contributed by atoms with Crippen molar-refractivity contribution in [1.82, 2.24) is 14.7 Å². The lowest BCUT2D eigenvalue weighted by Crippen LogP contribution is -2.34. The molecule has 0 spiro atoms. The van der Waals surface area contributed by atoms with Gasteiger partial charge in [0, 0.05) is 32.1 Å². The minimum Gasteiger partial charge on any atom is -0.393 e. The average molecular weight is 317 g/mol. The van der Waals surface area contributed by atoms with E-state index in [1.54, 1.807) is 0 Å². The Kier molecular flexibility index (Phi) is 6.92. The minimum atomic E-state index is 0.408. The van der Waals surface area contributed by atoms with Crippen LogP contribution in [-0.4, -0.2) is 32.3 Å². The summed E-state index contributed by atoms with van der Waals surface area (Å²) in [6.07, 6.45) is 1.58. The van der Waals surface area contributed by atoms with E-state index < -0.39 is 0 Å². The molecule has 1 aromatic heterocycles. The fourth-order valence-electron chi connectivity index (χ4n) is 2.13. The normalized spacial score (nSPS) is 11.6. The molecule has 0 aromatic carbocycles. The first-order valence-corrected chi connectivity index (χ1v) is 7.95. The van der Waals surface area contributed by atoms with Crippen LogP contribution in [0.4, 0.5) is 0 Å². The highest BCUT2D eigenvalue weighted by atomic mass is 35.5. The molecule has 1 heterocycles. The number of rotatable bonds is 8. The van der Waals surface area contributed by atoms with Gasteiger partial charge in [-0.3, -0.25) is 9.58 Å². The van der Waals surface area contributed by atoms with Gasteiger partial charge in [0.25, 0.3) is 0 Å². The van der Waals surface area contributed by atoms with Gasteiger partial charge in [-0.1, -0.05) is 30.7 Å². The summed E-state index contributed by atoms with van der Waals surface area (Å²) in [5.74, 6) is 0. The highest BCUT2D eigenvalue weighted by molar-refractivity contribution is 7.80. The summed E-state index contributed by atoms with van der Waals surface area (Å²) in [5, 5.41) is 5.36. The number of hydrogen-bond acceptors (Lipinski definition) is 3. The van der Waals surface area contributed by atoms with Crippen LogP contribution >= 0.6 is 23.8 Å². The van der Waals surface area contributed by atoms with Crippen LogP contribution in [0.5, 0.6) is 0 Å². The number of thiocarbonyl (C=S) groups is 1. The zero-order valence-electron chi connectivity index (χ0n) is 12.8. The molecular weight excluding hydrogens is 292 g/mol. The third kappa shape index (κ3) is 4.43. The lowest BCUT2D eigenvalue weighted by Gasteiger charge is -2.26. The van der Waals surface area contributed by atoms with Crippen LogP contribution in [0.25, 0.3) is 0 Å². The molecule has 114 valence electrons. The molecule has 0 atom stereocenters. The van der Waals surface area contributed by atoms with Crippen LogP contribution in [-0.2, 0) is 19.5 Å². The van der Waals surface area contributed by atoms with E-state index in [0.717, 1.165) is 48.9 Å². The van der Waals surface area contributed by atoms with E-state index in [9.17, 15) is 0 Å². The number of nitrogens with two attached hydrogens (primary N) is 1. The third-order valence-corrected chi connectivity index (χ3v) is 4.06. The fourth-order valence-corrected chi connectivity index (χ4v) is 2.55. The van der Waals surface area contributed by atoms with Crippen LogP contribution in [0, 0.1) is 0 Å². The van der Waals surface area contributed by atoms with E-state index in [1.807, 2.05) is 4.68 Å². The second-order valence-electron chi connectivity index (χ2n) is 5.16. The fraction of sp³-hybridized carbons (Fsp3) is 0.714. The maximum Gasteiger partial charge on any atom is 0.0863 e. The second kappa shape index (κ2) is 7.96. The standard InChI is InChI=1S/C14H25ClN4S/c1-5-11-14(15)12(19(6-2)17-11)9-18(10(3)4)8-7-13(16)20/h10H,5-9H2,1-4H3,(H2,16,20). The molecule has 4 nitrogen and oxygen atoms in total. The van der Waals surface area contributed by atoms with Gasteiger partial charge < -0.3 is 5.73 Å². The predicted molar refractivity (Wildman–Crippen MR) is 89.2 cm³/mol. The molecule has 1 aromatic rings. The minimum absolute atomic E-state index is 0.408. The Morgan fingerprint density at radius 3 is 2.55 bits per heavy atom. The maximum atomic E-state index is 6.46. The van der Waals surface area contributed by atoms with Gasteiger partial charge in [0.15, 0.2) is 0 Å². The molecule has 0 aliphatic heterocycles. The smallest absolute Gasteiger partial charge is 0.0863 e. The SMILES string of the molecule is CCc1nn(CC)c(CN(CCC(N)=S)C(C)C)c1Cl. The zero-order chi connectivity index (χ0) is 15.3. The van der Waals surface area contributed by atoms with Crippen molar-refractivity contribution in [3.8, 4) is 0 Å². The summed E-state index contributed by atoms with van der Waals surface area (Å²) in [5.41, 5.74) is 7.67. The Balaban J connectivity index is 2.92.